The van der Waals surface area contributed by atoms with Gasteiger partial charge in [0.25, 0.3) is 5.91 Å². The molecule has 3 N–H and O–H groups in total. The Bertz CT molecular complexity index is 1550. The van der Waals surface area contributed by atoms with E-state index in [9.17, 15) is 33.7 Å². The number of anilines is 1. The van der Waals surface area contributed by atoms with Crippen LogP contribution in [-0.2, 0) is 19.1 Å². The van der Waals surface area contributed by atoms with Crippen molar-refractivity contribution >= 4 is 33.4 Å². The molecule has 2 fully saturated rings. The number of nitrogens with zero attached hydrogens (tertiary/aromatic N) is 5. The Morgan fingerprint density at radius 1 is 1.13 bits per heavy atom. The molecule has 0 spiro atoms. The zero-order valence-electron chi connectivity index (χ0n) is 25.0. The minimum absolute atomic E-state index is 0.0124. The van der Waals surface area contributed by atoms with Crippen LogP contribution in [0.4, 0.5) is 14.5 Å². The van der Waals surface area contributed by atoms with Crippen LogP contribution in [0.25, 0.3) is 11.3 Å². The van der Waals surface area contributed by atoms with Crippen molar-refractivity contribution < 1.29 is 43.2 Å². The molecule has 0 bridgehead atoms. The Morgan fingerprint density at radius 3 is 2.40 bits per heavy atom. The maximum atomic E-state index is 14.6. The molecule has 0 radical (unpaired) electrons. The van der Waals surface area contributed by atoms with Gasteiger partial charge in [0.15, 0.2) is 6.10 Å². The van der Waals surface area contributed by atoms with Crippen molar-refractivity contribution in [1.29, 1.82) is 0 Å². The van der Waals surface area contributed by atoms with Gasteiger partial charge in [-0.1, -0.05) is 21.1 Å². The number of hydrogen-bond acceptors (Lipinski definition) is 9. The summed E-state index contributed by atoms with van der Waals surface area (Å²) in [6.45, 7) is 3.90. The van der Waals surface area contributed by atoms with E-state index in [1.807, 2.05) is 13.0 Å². The largest absolute Gasteiger partial charge is 0.394 e. The number of ether oxygens (including phenoxy) is 2. The van der Waals surface area contributed by atoms with Gasteiger partial charge in [0, 0.05) is 48.4 Å². The molecule has 7 atom stereocenters. The molecule has 2 amide bonds. The second-order valence-corrected chi connectivity index (χ2v) is 12.3. The number of aromatic nitrogens is 3. The van der Waals surface area contributed by atoms with Crippen molar-refractivity contribution in [3.8, 4) is 11.3 Å². The van der Waals surface area contributed by atoms with Gasteiger partial charge in [-0.2, -0.15) is 0 Å². The summed E-state index contributed by atoms with van der Waals surface area (Å²) in [6.07, 6.45) is -5.12. The maximum Gasteiger partial charge on any atom is 0.259 e. The first kappa shape index (κ1) is 33.0. The van der Waals surface area contributed by atoms with Gasteiger partial charge in [0.2, 0.25) is 5.91 Å². The van der Waals surface area contributed by atoms with Crippen molar-refractivity contribution in [3.63, 3.8) is 0 Å². The molecule has 5 rings (SSSR count). The Kier molecular flexibility index (Phi) is 9.68. The van der Waals surface area contributed by atoms with E-state index in [0.717, 1.165) is 17.7 Å². The molecule has 2 aliphatic rings. The number of carbonyl (C=O) groups excluding carboxylic acids is 2. The number of aliphatic hydroxyl groups is 3. The number of likely N-dealkylation sites (tertiary alicyclic amines) is 1. The SMILES string of the molecule is CO[C@@H]1[C@@H](n2cc(-c3cc(F)c(C)c(F)c3)nn2)[C@@H](O)[C@@H](CO)O[C@H]1C(=O)N(c1cc(C)cc(Br)c1)[C@H]1CN(C(C)=O)C[C@@H]1O. The van der Waals surface area contributed by atoms with Gasteiger partial charge >= 0.3 is 0 Å². The van der Waals surface area contributed by atoms with Gasteiger partial charge in [0.05, 0.1) is 24.9 Å². The molecule has 0 aliphatic carbocycles. The summed E-state index contributed by atoms with van der Waals surface area (Å²) in [7, 11) is 1.31. The highest BCUT2D eigenvalue weighted by Crippen LogP contribution is 2.36. The number of aliphatic hydroxyl groups excluding tert-OH is 3. The minimum atomic E-state index is -1.45. The Hall–Kier alpha value is -3.34. The number of β-amino-alcohol motifs (C(OH)–C–C–N with tert-alkyl or cyclic N) is 1. The molecule has 0 unspecified atom stereocenters. The number of carbonyl (C=O) groups is 2. The summed E-state index contributed by atoms with van der Waals surface area (Å²) in [5, 5.41) is 40.6. The highest BCUT2D eigenvalue weighted by atomic mass is 79.9. The fourth-order valence-corrected chi connectivity index (χ4v) is 6.56. The summed E-state index contributed by atoms with van der Waals surface area (Å²) in [6, 6.07) is 5.49. The third kappa shape index (κ3) is 6.37. The highest BCUT2D eigenvalue weighted by Gasteiger charge is 2.52. The molecule has 1 aromatic heterocycles. The standard InChI is InChI=1S/C30H34BrF2N5O7/c1-14-5-18(31)9-19(6-14)38(23-11-36(16(3)40)12-24(23)41)30(43)29-28(44-4)26(27(42)25(13-39)45-29)37-10-22(34-35-37)17-7-20(32)15(2)21(33)8-17/h5-10,23-29,39,41-42H,11-13H2,1-4H3/t23-,24-,25+,26-,27-,28+,29+/m0/s1. The number of aryl methyl sites for hydroxylation is 1. The van der Waals surface area contributed by atoms with E-state index in [-0.39, 0.29) is 35.8 Å². The molecular weight excluding hydrogens is 660 g/mol. The molecule has 2 aliphatic heterocycles. The van der Waals surface area contributed by atoms with Crippen LogP contribution in [0.5, 0.6) is 0 Å². The van der Waals surface area contributed by atoms with Crippen LogP contribution in [-0.4, -0.2) is 110 Å². The van der Waals surface area contributed by atoms with E-state index >= 15 is 0 Å². The molecule has 15 heteroatoms. The summed E-state index contributed by atoms with van der Waals surface area (Å²) in [4.78, 5) is 29.6. The molecular formula is C30H34BrF2N5O7. The number of methoxy groups -OCH3 is 1. The molecule has 12 nitrogen and oxygen atoms in total. The van der Waals surface area contributed by atoms with Crippen molar-refractivity contribution in [2.24, 2.45) is 0 Å². The Morgan fingerprint density at radius 2 is 1.82 bits per heavy atom. The monoisotopic (exact) mass is 693 g/mol. The van der Waals surface area contributed by atoms with Crippen LogP contribution >= 0.6 is 15.9 Å². The van der Waals surface area contributed by atoms with Crippen molar-refractivity contribution in [3.05, 3.63) is 63.8 Å². The highest BCUT2D eigenvalue weighted by molar-refractivity contribution is 9.10. The van der Waals surface area contributed by atoms with Gasteiger partial charge in [0.1, 0.15) is 41.7 Å². The lowest BCUT2D eigenvalue weighted by atomic mass is 9.91. The maximum absolute atomic E-state index is 14.6. The number of halogens is 3. The lowest BCUT2D eigenvalue weighted by Crippen LogP contribution is -2.63. The predicted octanol–water partition coefficient (Wildman–Crippen LogP) is 1.90. The van der Waals surface area contributed by atoms with E-state index in [1.54, 1.807) is 12.1 Å². The third-order valence-electron chi connectivity index (χ3n) is 8.35. The van der Waals surface area contributed by atoms with E-state index < -0.39 is 66.8 Å². The second kappa shape index (κ2) is 13.2. The van der Waals surface area contributed by atoms with Gasteiger partial charge in [-0.15, -0.1) is 5.10 Å². The van der Waals surface area contributed by atoms with Crippen LogP contribution in [0.2, 0.25) is 0 Å². The summed E-state index contributed by atoms with van der Waals surface area (Å²) in [5.41, 5.74) is 1.26. The van der Waals surface area contributed by atoms with Gasteiger partial charge in [-0.25, -0.2) is 13.5 Å². The minimum Gasteiger partial charge on any atom is -0.394 e. The molecule has 45 heavy (non-hydrogen) atoms. The van der Waals surface area contributed by atoms with E-state index in [0.29, 0.717) is 10.2 Å². The first-order valence-electron chi connectivity index (χ1n) is 14.2. The first-order chi connectivity index (χ1) is 21.3. The molecule has 242 valence electrons. The van der Waals surface area contributed by atoms with E-state index in [1.165, 1.54) is 41.6 Å². The average Bonchev–Trinajstić information content (AvgIpc) is 3.62. The summed E-state index contributed by atoms with van der Waals surface area (Å²) in [5.74, 6) is -2.47. The normalized spacial score (nSPS) is 26.7. The fourth-order valence-electron chi connectivity index (χ4n) is 5.96. The molecule has 2 aromatic carbocycles. The second-order valence-electron chi connectivity index (χ2n) is 11.4. The quantitative estimate of drug-likeness (QED) is 0.337. The Labute approximate surface area is 266 Å². The van der Waals surface area contributed by atoms with Crippen molar-refractivity contribution in [1.82, 2.24) is 19.9 Å². The zero-order valence-corrected chi connectivity index (χ0v) is 26.6. The van der Waals surface area contributed by atoms with Gasteiger partial charge < -0.3 is 34.6 Å². The fraction of sp³-hybridized carbons (Fsp3) is 0.467. The summed E-state index contributed by atoms with van der Waals surface area (Å²) < 4.78 is 42.2. The van der Waals surface area contributed by atoms with Gasteiger partial charge in [-0.05, 0) is 49.7 Å². The number of benzene rings is 2. The molecule has 0 saturated carbocycles. The van der Waals surface area contributed by atoms with Crippen LogP contribution in [0.1, 0.15) is 24.1 Å². The lowest BCUT2D eigenvalue weighted by molar-refractivity contribution is -0.211. The molecule has 3 aromatic rings. The zero-order chi connectivity index (χ0) is 32.7. The van der Waals surface area contributed by atoms with E-state index in [4.69, 9.17) is 9.47 Å². The third-order valence-corrected chi connectivity index (χ3v) is 8.81. The smallest absolute Gasteiger partial charge is 0.259 e. The topological polar surface area (TPSA) is 150 Å². The predicted molar refractivity (Wildman–Crippen MR) is 160 cm³/mol. The number of amides is 2. The molecule has 3 heterocycles. The first-order valence-corrected chi connectivity index (χ1v) is 15.0. The van der Waals surface area contributed by atoms with E-state index in [2.05, 4.69) is 26.2 Å². The van der Waals surface area contributed by atoms with Gasteiger partial charge in [-0.3, -0.25) is 9.59 Å². The molecule has 2 saturated heterocycles. The van der Waals surface area contributed by atoms with Crippen LogP contribution < -0.4 is 4.90 Å². The Balaban J connectivity index is 1.56. The van der Waals surface area contributed by atoms with Crippen LogP contribution in [0, 0.1) is 25.5 Å². The van der Waals surface area contributed by atoms with Crippen LogP contribution in [0.3, 0.4) is 0 Å². The van der Waals surface area contributed by atoms with Crippen molar-refractivity contribution in [2.75, 3.05) is 31.7 Å². The summed E-state index contributed by atoms with van der Waals surface area (Å²) >= 11 is 3.46. The average molecular weight is 695 g/mol. The number of rotatable bonds is 7. The van der Waals surface area contributed by atoms with Crippen molar-refractivity contribution in [2.45, 2.75) is 63.4 Å². The number of hydrogen-bond donors (Lipinski definition) is 3. The van der Waals surface area contributed by atoms with Crippen LogP contribution in [0.15, 0.2) is 41.0 Å². The lowest BCUT2D eigenvalue weighted by Gasteiger charge is -2.45.